The fourth-order valence-corrected chi connectivity index (χ4v) is 1.56. The average molecular weight is 252 g/mol. The van der Waals surface area contributed by atoms with Gasteiger partial charge in [-0.3, -0.25) is 4.79 Å². The summed E-state index contributed by atoms with van der Waals surface area (Å²) in [4.78, 5) is 12.1. The van der Waals surface area contributed by atoms with Crippen molar-refractivity contribution >= 4 is 23.1 Å². The maximum Gasteiger partial charge on any atom is 0.251 e. The largest absolute Gasteiger partial charge is 0.393 e. The molecular weight excluding hydrogens is 236 g/mol. The van der Waals surface area contributed by atoms with Crippen molar-refractivity contribution in [3.05, 3.63) is 35.4 Å². The second-order valence-electron chi connectivity index (χ2n) is 3.59. The van der Waals surface area contributed by atoms with Crippen molar-refractivity contribution in [3.63, 3.8) is 0 Å². The molecule has 0 aromatic heterocycles. The molecule has 0 aliphatic carbocycles. The van der Waals surface area contributed by atoms with Gasteiger partial charge in [0.15, 0.2) is 0 Å². The highest BCUT2D eigenvalue weighted by Gasteiger charge is 2.05. The van der Waals surface area contributed by atoms with Crippen molar-refractivity contribution in [1.82, 2.24) is 5.32 Å². The lowest BCUT2D eigenvalue weighted by atomic mass is 10.1. The summed E-state index contributed by atoms with van der Waals surface area (Å²) in [5.41, 5.74) is 7.01. The van der Waals surface area contributed by atoms with Gasteiger partial charge in [0.05, 0.1) is 11.6 Å². The van der Waals surface area contributed by atoms with Gasteiger partial charge in [0.2, 0.25) is 0 Å². The summed E-state index contributed by atoms with van der Waals surface area (Å²) in [7, 11) is 1.59. The maximum atomic E-state index is 11.7. The zero-order valence-corrected chi connectivity index (χ0v) is 10.5. The molecule has 3 N–H and O–H groups in total. The molecular formula is C12H16N2O2S. The lowest BCUT2D eigenvalue weighted by Crippen LogP contribution is -2.27. The van der Waals surface area contributed by atoms with Crippen LogP contribution in [0.1, 0.15) is 15.9 Å². The molecule has 17 heavy (non-hydrogen) atoms. The zero-order valence-electron chi connectivity index (χ0n) is 9.73. The summed E-state index contributed by atoms with van der Waals surface area (Å²) < 4.78 is 4.86. The van der Waals surface area contributed by atoms with Gasteiger partial charge in [-0.2, -0.15) is 0 Å². The number of nitrogens with two attached hydrogens (primary N) is 1. The molecule has 92 valence electrons. The van der Waals surface area contributed by atoms with Crippen LogP contribution >= 0.6 is 12.2 Å². The lowest BCUT2D eigenvalue weighted by Gasteiger charge is -2.06. The molecule has 0 fully saturated rings. The van der Waals surface area contributed by atoms with Crippen LogP contribution in [0.3, 0.4) is 0 Å². The first-order valence-electron chi connectivity index (χ1n) is 5.28. The van der Waals surface area contributed by atoms with E-state index in [4.69, 9.17) is 22.7 Å². The minimum Gasteiger partial charge on any atom is -0.393 e. The summed E-state index contributed by atoms with van der Waals surface area (Å²) in [6.45, 7) is 0.993. The Morgan fingerprint density at radius 3 is 2.94 bits per heavy atom. The molecule has 0 bridgehead atoms. The van der Waals surface area contributed by atoms with Crippen LogP contribution in [0.5, 0.6) is 0 Å². The number of amides is 1. The van der Waals surface area contributed by atoms with Crippen molar-refractivity contribution in [1.29, 1.82) is 0 Å². The molecule has 1 aromatic rings. The summed E-state index contributed by atoms with van der Waals surface area (Å²) in [5.74, 6) is -0.119. The summed E-state index contributed by atoms with van der Waals surface area (Å²) >= 11 is 4.83. The van der Waals surface area contributed by atoms with Gasteiger partial charge in [-0.1, -0.05) is 24.4 Å². The molecule has 0 heterocycles. The minimum absolute atomic E-state index is 0.119. The van der Waals surface area contributed by atoms with Gasteiger partial charge in [-0.15, -0.1) is 0 Å². The number of thiocarbonyl (C=S) groups is 1. The van der Waals surface area contributed by atoms with Crippen LogP contribution in [0.15, 0.2) is 24.3 Å². The number of methoxy groups -OCH3 is 1. The number of carbonyl (C=O) groups is 1. The molecule has 5 heteroatoms. The Morgan fingerprint density at radius 1 is 1.53 bits per heavy atom. The van der Waals surface area contributed by atoms with Gasteiger partial charge in [-0.05, 0) is 17.7 Å². The third-order valence-electron chi connectivity index (χ3n) is 2.16. The van der Waals surface area contributed by atoms with Gasteiger partial charge in [-0.25, -0.2) is 0 Å². The van der Waals surface area contributed by atoms with E-state index in [9.17, 15) is 4.79 Å². The second kappa shape index (κ2) is 6.98. The van der Waals surface area contributed by atoms with E-state index in [2.05, 4.69) is 5.32 Å². The van der Waals surface area contributed by atoms with Crippen molar-refractivity contribution in [2.24, 2.45) is 5.73 Å². The topological polar surface area (TPSA) is 64.3 Å². The Bertz CT molecular complexity index is 407. The Balaban J connectivity index is 2.63. The summed E-state index contributed by atoms with van der Waals surface area (Å²) in [5, 5.41) is 2.75. The quantitative estimate of drug-likeness (QED) is 0.583. The molecule has 1 rings (SSSR count). The number of hydrogen-bond donors (Lipinski definition) is 2. The Kier molecular flexibility index (Phi) is 5.59. The monoisotopic (exact) mass is 252 g/mol. The lowest BCUT2D eigenvalue weighted by molar-refractivity contribution is 0.0937. The van der Waals surface area contributed by atoms with Gasteiger partial charge in [0, 0.05) is 25.6 Å². The number of hydrogen-bond acceptors (Lipinski definition) is 3. The normalized spacial score (nSPS) is 9.94. The standard InChI is InChI=1S/C12H16N2O2S/c1-16-6-5-14-12(15)10-4-2-3-9(7-10)8-11(13)17/h2-4,7H,5-6,8H2,1H3,(H2,13,17)(H,14,15). The second-order valence-corrected chi connectivity index (χ2v) is 4.12. The molecule has 0 unspecified atom stereocenters. The van der Waals surface area contributed by atoms with E-state index in [1.54, 1.807) is 19.2 Å². The number of carbonyl (C=O) groups excluding carboxylic acids is 1. The molecule has 0 radical (unpaired) electrons. The predicted octanol–water partition coefficient (Wildman–Crippen LogP) is 0.891. The SMILES string of the molecule is COCCNC(=O)c1cccc(CC(N)=S)c1. The predicted molar refractivity (Wildman–Crippen MR) is 71.1 cm³/mol. The van der Waals surface area contributed by atoms with Crippen LogP contribution in [0.25, 0.3) is 0 Å². The van der Waals surface area contributed by atoms with Crippen LogP contribution in [-0.4, -0.2) is 31.2 Å². The van der Waals surface area contributed by atoms with E-state index in [-0.39, 0.29) is 5.91 Å². The van der Waals surface area contributed by atoms with Crippen molar-refractivity contribution in [2.75, 3.05) is 20.3 Å². The van der Waals surface area contributed by atoms with E-state index in [0.29, 0.717) is 30.1 Å². The van der Waals surface area contributed by atoms with Crippen molar-refractivity contribution in [2.45, 2.75) is 6.42 Å². The third kappa shape index (κ3) is 4.93. The Labute approximate surface area is 106 Å². The first kappa shape index (κ1) is 13.6. The van der Waals surface area contributed by atoms with Crippen molar-refractivity contribution < 1.29 is 9.53 Å². The number of ether oxygens (including phenoxy) is 1. The third-order valence-corrected chi connectivity index (χ3v) is 2.30. The number of benzene rings is 1. The highest BCUT2D eigenvalue weighted by Crippen LogP contribution is 2.06. The van der Waals surface area contributed by atoms with E-state index in [1.807, 2.05) is 12.1 Å². The highest BCUT2D eigenvalue weighted by molar-refractivity contribution is 7.80. The number of nitrogens with one attached hydrogen (secondary N) is 1. The number of rotatable bonds is 6. The fourth-order valence-electron chi connectivity index (χ4n) is 1.39. The molecule has 1 amide bonds. The van der Waals surface area contributed by atoms with E-state index in [0.717, 1.165) is 5.56 Å². The van der Waals surface area contributed by atoms with E-state index >= 15 is 0 Å². The van der Waals surface area contributed by atoms with Crippen molar-refractivity contribution in [3.8, 4) is 0 Å². The van der Waals surface area contributed by atoms with Crippen LogP contribution in [0.2, 0.25) is 0 Å². The Morgan fingerprint density at radius 2 is 2.29 bits per heavy atom. The molecule has 0 aliphatic heterocycles. The molecule has 0 saturated heterocycles. The first-order valence-corrected chi connectivity index (χ1v) is 5.68. The summed E-state index contributed by atoms with van der Waals surface area (Å²) in [6.07, 6.45) is 0.508. The fraction of sp³-hybridized carbons (Fsp3) is 0.333. The molecule has 0 spiro atoms. The molecule has 0 aliphatic rings. The van der Waals surface area contributed by atoms with Gasteiger partial charge >= 0.3 is 0 Å². The minimum atomic E-state index is -0.119. The zero-order chi connectivity index (χ0) is 12.7. The maximum absolute atomic E-state index is 11.7. The Hall–Kier alpha value is -1.46. The van der Waals surface area contributed by atoms with Crippen LogP contribution in [-0.2, 0) is 11.2 Å². The van der Waals surface area contributed by atoms with Gasteiger partial charge < -0.3 is 15.8 Å². The summed E-state index contributed by atoms with van der Waals surface area (Å²) in [6, 6.07) is 7.26. The smallest absolute Gasteiger partial charge is 0.251 e. The first-order chi connectivity index (χ1) is 8.13. The molecule has 1 aromatic carbocycles. The van der Waals surface area contributed by atoms with Crippen LogP contribution in [0.4, 0.5) is 0 Å². The molecule has 4 nitrogen and oxygen atoms in total. The van der Waals surface area contributed by atoms with E-state index < -0.39 is 0 Å². The van der Waals surface area contributed by atoms with Gasteiger partial charge in [0.1, 0.15) is 0 Å². The van der Waals surface area contributed by atoms with Gasteiger partial charge in [0.25, 0.3) is 5.91 Å². The molecule has 0 saturated carbocycles. The molecule has 0 atom stereocenters. The highest BCUT2D eigenvalue weighted by atomic mass is 32.1. The van der Waals surface area contributed by atoms with Crippen LogP contribution < -0.4 is 11.1 Å². The van der Waals surface area contributed by atoms with Crippen LogP contribution in [0, 0.1) is 0 Å². The van der Waals surface area contributed by atoms with E-state index in [1.165, 1.54) is 0 Å². The average Bonchev–Trinajstić information content (AvgIpc) is 2.28.